The number of para-hydroxylation sites is 2. The highest BCUT2D eigenvalue weighted by Crippen LogP contribution is 2.24. The number of ether oxygens (including phenoxy) is 1. The van der Waals surface area contributed by atoms with Crippen LogP contribution in [0.1, 0.15) is 6.92 Å². The van der Waals surface area contributed by atoms with Crippen molar-refractivity contribution in [2.75, 3.05) is 5.32 Å². The minimum atomic E-state index is -0.797. The summed E-state index contributed by atoms with van der Waals surface area (Å²) in [6.07, 6.45) is -0.797. The van der Waals surface area contributed by atoms with Crippen LogP contribution in [0, 0.1) is 5.82 Å². The van der Waals surface area contributed by atoms with Crippen LogP contribution >= 0.6 is 11.6 Å². The summed E-state index contributed by atoms with van der Waals surface area (Å²) < 4.78 is 18.9. The van der Waals surface area contributed by atoms with Crippen molar-refractivity contribution in [3.63, 3.8) is 0 Å². The first kappa shape index (κ1) is 14.3. The number of anilines is 1. The van der Waals surface area contributed by atoms with Crippen molar-refractivity contribution in [1.82, 2.24) is 0 Å². The lowest BCUT2D eigenvalue weighted by Gasteiger charge is -2.15. The van der Waals surface area contributed by atoms with Crippen LogP contribution in [0.15, 0.2) is 48.5 Å². The van der Waals surface area contributed by atoms with E-state index < -0.39 is 17.8 Å². The van der Waals surface area contributed by atoms with Gasteiger partial charge in [0, 0.05) is 0 Å². The number of halogens is 2. The maximum atomic E-state index is 13.4. The maximum Gasteiger partial charge on any atom is 0.265 e. The summed E-state index contributed by atoms with van der Waals surface area (Å²) in [5.41, 5.74) is 0.118. The fourth-order valence-corrected chi connectivity index (χ4v) is 1.76. The predicted octanol–water partition coefficient (Wildman–Crippen LogP) is 3.89. The second-order valence-corrected chi connectivity index (χ2v) is 4.57. The maximum absolute atomic E-state index is 13.4. The zero-order valence-corrected chi connectivity index (χ0v) is 11.5. The summed E-state index contributed by atoms with van der Waals surface area (Å²) in [5, 5.41) is 2.88. The summed E-state index contributed by atoms with van der Waals surface area (Å²) in [4.78, 5) is 11.9. The number of carbonyl (C=O) groups excluding carboxylic acids is 1. The molecule has 0 fully saturated rings. The minimum Gasteiger partial charge on any atom is -0.479 e. The molecule has 0 spiro atoms. The van der Waals surface area contributed by atoms with Gasteiger partial charge in [0.1, 0.15) is 11.6 Å². The van der Waals surface area contributed by atoms with E-state index in [0.29, 0.717) is 10.8 Å². The molecule has 0 aliphatic heterocycles. The summed E-state index contributed by atoms with van der Waals surface area (Å²) in [7, 11) is 0. The van der Waals surface area contributed by atoms with E-state index in [2.05, 4.69) is 5.32 Å². The van der Waals surface area contributed by atoms with Gasteiger partial charge in [0.25, 0.3) is 5.91 Å². The van der Waals surface area contributed by atoms with Crippen molar-refractivity contribution >= 4 is 23.2 Å². The number of hydrogen-bond acceptors (Lipinski definition) is 2. The molecule has 2 rings (SSSR count). The molecule has 0 aromatic heterocycles. The van der Waals surface area contributed by atoms with Gasteiger partial charge in [-0.3, -0.25) is 4.79 Å². The van der Waals surface area contributed by atoms with Gasteiger partial charge >= 0.3 is 0 Å². The number of carbonyl (C=O) groups is 1. The van der Waals surface area contributed by atoms with E-state index in [-0.39, 0.29) is 5.69 Å². The average molecular weight is 294 g/mol. The molecule has 1 unspecified atom stereocenters. The fourth-order valence-electron chi connectivity index (χ4n) is 1.58. The lowest BCUT2D eigenvalue weighted by molar-refractivity contribution is -0.122. The van der Waals surface area contributed by atoms with Gasteiger partial charge in [0.05, 0.1) is 10.7 Å². The highest BCUT2D eigenvalue weighted by molar-refractivity contribution is 6.32. The van der Waals surface area contributed by atoms with E-state index in [0.717, 1.165) is 0 Å². The van der Waals surface area contributed by atoms with E-state index in [1.54, 1.807) is 43.3 Å². The Bertz CT molecular complexity index is 618. The first-order chi connectivity index (χ1) is 9.58. The van der Waals surface area contributed by atoms with Gasteiger partial charge in [-0.1, -0.05) is 35.9 Å². The molecule has 0 radical (unpaired) electrons. The van der Waals surface area contributed by atoms with Crippen LogP contribution in [-0.2, 0) is 4.79 Å². The molecule has 0 heterocycles. The van der Waals surface area contributed by atoms with Crippen molar-refractivity contribution in [2.24, 2.45) is 0 Å². The van der Waals surface area contributed by atoms with Crippen molar-refractivity contribution in [2.45, 2.75) is 13.0 Å². The van der Waals surface area contributed by atoms with E-state index in [1.807, 2.05) is 0 Å². The molecule has 20 heavy (non-hydrogen) atoms. The zero-order valence-electron chi connectivity index (χ0n) is 10.8. The highest BCUT2D eigenvalue weighted by Gasteiger charge is 2.17. The highest BCUT2D eigenvalue weighted by atomic mass is 35.5. The Kier molecular flexibility index (Phi) is 4.58. The number of nitrogens with one attached hydrogen (secondary N) is 1. The van der Waals surface area contributed by atoms with Crippen molar-refractivity contribution in [3.05, 3.63) is 59.4 Å². The molecule has 1 atom stereocenters. The average Bonchev–Trinajstić information content (AvgIpc) is 2.43. The standard InChI is InChI=1S/C15H13ClFNO2/c1-10(20-14-9-5-2-6-11(14)16)15(19)18-13-8-4-3-7-12(13)17/h2-10H,1H3,(H,18,19). The molecule has 104 valence electrons. The van der Waals surface area contributed by atoms with Crippen molar-refractivity contribution in [3.8, 4) is 5.75 Å². The molecular formula is C15H13ClFNO2. The fraction of sp³-hybridized carbons (Fsp3) is 0.133. The quantitative estimate of drug-likeness (QED) is 0.929. The molecule has 0 aliphatic carbocycles. The topological polar surface area (TPSA) is 38.3 Å². The van der Waals surface area contributed by atoms with E-state index in [9.17, 15) is 9.18 Å². The van der Waals surface area contributed by atoms with Gasteiger partial charge in [0.2, 0.25) is 0 Å². The van der Waals surface area contributed by atoms with Gasteiger partial charge in [-0.05, 0) is 31.2 Å². The number of benzene rings is 2. The SMILES string of the molecule is CC(Oc1ccccc1Cl)C(=O)Nc1ccccc1F. The third-order valence-corrected chi connectivity index (χ3v) is 2.95. The Hall–Kier alpha value is -2.07. The van der Waals surface area contributed by atoms with Crippen LogP contribution in [0.25, 0.3) is 0 Å². The first-order valence-corrected chi connectivity index (χ1v) is 6.42. The summed E-state index contributed by atoms with van der Waals surface area (Å²) >= 11 is 5.94. The normalized spacial score (nSPS) is 11.8. The van der Waals surface area contributed by atoms with Gasteiger partial charge in [0.15, 0.2) is 6.10 Å². The Labute approximate surface area is 121 Å². The zero-order chi connectivity index (χ0) is 14.5. The van der Waals surface area contributed by atoms with Gasteiger partial charge in [-0.15, -0.1) is 0 Å². The minimum absolute atomic E-state index is 0.118. The Morgan fingerprint density at radius 1 is 1.20 bits per heavy atom. The number of amides is 1. The van der Waals surface area contributed by atoms with E-state index in [4.69, 9.17) is 16.3 Å². The molecule has 0 saturated heterocycles. The molecule has 0 saturated carbocycles. The van der Waals surface area contributed by atoms with E-state index in [1.165, 1.54) is 12.1 Å². The largest absolute Gasteiger partial charge is 0.479 e. The number of hydrogen-bond donors (Lipinski definition) is 1. The summed E-state index contributed by atoms with van der Waals surface area (Å²) in [6.45, 7) is 1.57. The van der Waals surface area contributed by atoms with Crippen LogP contribution in [0.5, 0.6) is 5.75 Å². The van der Waals surface area contributed by atoms with Gasteiger partial charge < -0.3 is 10.1 Å². The Morgan fingerprint density at radius 2 is 1.85 bits per heavy atom. The molecule has 0 aliphatic rings. The first-order valence-electron chi connectivity index (χ1n) is 6.04. The molecule has 1 amide bonds. The molecule has 2 aromatic carbocycles. The summed E-state index contributed by atoms with van der Waals surface area (Å²) in [6, 6.07) is 12.8. The van der Waals surface area contributed by atoms with Crippen LogP contribution in [0.3, 0.4) is 0 Å². The predicted molar refractivity (Wildman–Crippen MR) is 76.6 cm³/mol. The molecule has 5 heteroatoms. The van der Waals surface area contributed by atoms with Crippen LogP contribution in [0.2, 0.25) is 5.02 Å². The Morgan fingerprint density at radius 3 is 2.55 bits per heavy atom. The monoisotopic (exact) mass is 293 g/mol. The van der Waals surface area contributed by atoms with E-state index >= 15 is 0 Å². The van der Waals surface area contributed by atoms with Gasteiger partial charge in [-0.25, -0.2) is 4.39 Å². The summed E-state index contributed by atoms with van der Waals surface area (Å²) in [5.74, 6) is -0.536. The number of rotatable bonds is 4. The third kappa shape index (κ3) is 3.48. The second-order valence-electron chi connectivity index (χ2n) is 4.16. The van der Waals surface area contributed by atoms with Crippen LogP contribution < -0.4 is 10.1 Å². The Balaban J connectivity index is 2.03. The molecule has 3 nitrogen and oxygen atoms in total. The lowest BCUT2D eigenvalue weighted by Crippen LogP contribution is -2.30. The van der Waals surface area contributed by atoms with Gasteiger partial charge in [-0.2, -0.15) is 0 Å². The van der Waals surface area contributed by atoms with Crippen molar-refractivity contribution in [1.29, 1.82) is 0 Å². The molecule has 2 aromatic rings. The van der Waals surface area contributed by atoms with Crippen LogP contribution in [0.4, 0.5) is 10.1 Å². The second kappa shape index (κ2) is 6.39. The lowest BCUT2D eigenvalue weighted by atomic mass is 10.3. The molecule has 0 bridgehead atoms. The van der Waals surface area contributed by atoms with Crippen molar-refractivity contribution < 1.29 is 13.9 Å². The molecular weight excluding hydrogens is 281 g/mol. The molecule has 1 N–H and O–H groups in total. The third-order valence-electron chi connectivity index (χ3n) is 2.64. The van der Waals surface area contributed by atoms with Crippen LogP contribution in [-0.4, -0.2) is 12.0 Å². The smallest absolute Gasteiger partial charge is 0.265 e.